The van der Waals surface area contributed by atoms with Crippen molar-refractivity contribution in [3.63, 3.8) is 0 Å². The van der Waals surface area contributed by atoms with Crippen molar-refractivity contribution in [2.24, 2.45) is 0 Å². The average Bonchev–Trinajstić information content (AvgIpc) is 2.82. The summed E-state index contributed by atoms with van der Waals surface area (Å²) >= 11 is 0. The minimum absolute atomic E-state index is 0.0342. The third-order valence-electron chi connectivity index (χ3n) is 3.42. The number of carbonyl (C=O) groups is 1. The van der Waals surface area contributed by atoms with E-state index in [1.165, 1.54) is 10.9 Å². The quantitative estimate of drug-likeness (QED) is 0.691. The number of halogens is 2. The van der Waals surface area contributed by atoms with E-state index in [0.29, 0.717) is 16.6 Å². The lowest BCUT2D eigenvalue weighted by atomic mass is 10.1. The van der Waals surface area contributed by atoms with Crippen LogP contribution in [-0.4, -0.2) is 15.3 Å². The second-order valence-electron chi connectivity index (χ2n) is 4.87. The number of carbonyl (C=O) groups excluding carboxylic acids is 1. The Kier molecular flexibility index (Phi) is 3.25. The predicted molar refractivity (Wildman–Crippen MR) is 75.2 cm³/mol. The van der Waals surface area contributed by atoms with Gasteiger partial charge in [0.2, 0.25) is 0 Å². The van der Waals surface area contributed by atoms with Crippen LogP contribution in [0.25, 0.3) is 11.0 Å². The van der Waals surface area contributed by atoms with Crippen molar-refractivity contribution in [2.75, 3.05) is 0 Å². The summed E-state index contributed by atoms with van der Waals surface area (Å²) in [5.41, 5.74) is 2.22. The Labute approximate surface area is 119 Å². The highest BCUT2D eigenvalue weighted by atomic mass is 19.2. The van der Waals surface area contributed by atoms with Gasteiger partial charge in [0.1, 0.15) is 0 Å². The van der Waals surface area contributed by atoms with Gasteiger partial charge in [-0.3, -0.25) is 4.79 Å². The summed E-state index contributed by atoms with van der Waals surface area (Å²) < 4.78 is 28.0. The summed E-state index contributed by atoms with van der Waals surface area (Å²) in [4.78, 5) is 16.3. The van der Waals surface area contributed by atoms with E-state index in [0.717, 1.165) is 17.7 Å². The number of benzene rings is 2. The van der Waals surface area contributed by atoms with Gasteiger partial charge < -0.3 is 4.57 Å². The summed E-state index contributed by atoms with van der Waals surface area (Å²) in [5.74, 6) is -2.00. The van der Waals surface area contributed by atoms with Crippen LogP contribution >= 0.6 is 0 Å². The van der Waals surface area contributed by atoms with Crippen LogP contribution < -0.4 is 0 Å². The van der Waals surface area contributed by atoms with Crippen LogP contribution in [-0.2, 0) is 6.54 Å². The minimum atomic E-state index is -0.951. The number of fused-ring (bicyclic) bond motifs is 1. The van der Waals surface area contributed by atoms with E-state index in [9.17, 15) is 13.6 Å². The summed E-state index contributed by atoms with van der Waals surface area (Å²) in [6, 6.07) is 9.34. The Bertz CT molecular complexity index is 839. The van der Waals surface area contributed by atoms with Crippen molar-refractivity contribution >= 4 is 16.8 Å². The summed E-state index contributed by atoms with van der Waals surface area (Å²) in [6.45, 7) is 1.89. The Morgan fingerprint density at radius 1 is 1.19 bits per heavy atom. The number of aryl methyl sites for hydroxylation is 1. The van der Waals surface area contributed by atoms with E-state index < -0.39 is 11.6 Å². The smallest absolute Gasteiger partial charge is 0.182 e. The van der Waals surface area contributed by atoms with Gasteiger partial charge in [-0.15, -0.1) is 0 Å². The van der Waals surface area contributed by atoms with E-state index in [1.807, 2.05) is 19.1 Å². The third kappa shape index (κ3) is 2.42. The van der Waals surface area contributed by atoms with Gasteiger partial charge in [0.25, 0.3) is 0 Å². The van der Waals surface area contributed by atoms with E-state index in [-0.39, 0.29) is 12.3 Å². The minimum Gasteiger partial charge on any atom is -0.323 e. The van der Waals surface area contributed by atoms with Crippen molar-refractivity contribution in [3.8, 4) is 0 Å². The normalized spacial score (nSPS) is 11.0. The van der Waals surface area contributed by atoms with Crippen LogP contribution in [0.4, 0.5) is 8.78 Å². The van der Waals surface area contributed by atoms with Crippen LogP contribution in [0.3, 0.4) is 0 Å². The van der Waals surface area contributed by atoms with Crippen LogP contribution in [0.5, 0.6) is 0 Å². The van der Waals surface area contributed by atoms with Crippen LogP contribution in [0, 0.1) is 18.6 Å². The lowest BCUT2D eigenvalue weighted by molar-refractivity contribution is 0.0973. The second kappa shape index (κ2) is 5.09. The van der Waals surface area contributed by atoms with Crippen LogP contribution in [0.2, 0.25) is 0 Å². The lowest BCUT2D eigenvalue weighted by Crippen LogP contribution is -2.11. The summed E-state index contributed by atoms with van der Waals surface area (Å²) in [7, 11) is 0. The van der Waals surface area contributed by atoms with Crippen molar-refractivity contribution in [3.05, 3.63) is 65.5 Å². The zero-order chi connectivity index (χ0) is 15.0. The molecule has 0 aliphatic heterocycles. The number of ketones is 1. The molecule has 0 aliphatic rings. The number of hydrogen-bond acceptors (Lipinski definition) is 2. The number of hydrogen-bond donors (Lipinski definition) is 0. The van der Waals surface area contributed by atoms with E-state index in [1.54, 1.807) is 12.1 Å². The van der Waals surface area contributed by atoms with Gasteiger partial charge in [-0.05, 0) is 12.5 Å². The number of Topliss-reactive ketones (excluding diaryl/α,β-unsaturated/α-hetero) is 1. The molecule has 106 valence electrons. The molecule has 2 aromatic carbocycles. The van der Waals surface area contributed by atoms with E-state index >= 15 is 0 Å². The fraction of sp³-hybridized carbons (Fsp3) is 0.125. The van der Waals surface area contributed by atoms with Crippen molar-refractivity contribution < 1.29 is 13.6 Å². The molecule has 1 heterocycles. The molecule has 21 heavy (non-hydrogen) atoms. The number of nitrogens with zero attached hydrogens (tertiary/aromatic N) is 2. The molecule has 0 aliphatic carbocycles. The Balaban J connectivity index is 1.97. The average molecular weight is 286 g/mol. The molecule has 0 bridgehead atoms. The Morgan fingerprint density at radius 2 is 1.90 bits per heavy atom. The van der Waals surface area contributed by atoms with Crippen molar-refractivity contribution in [1.29, 1.82) is 0 Å². The van der Waals surface area contributed by atoms with Gasteiger partial charge >= 0.3 is 0 Å². The standard InChI is InChI=1S/C16H12F2N2O/c1-10-4-2-3-5-11(10)16(21)8-20-9-19-14-6-12(17)13(18)7-15(14)20/h2-7,9H,8H2,1H3. The first kappa shape index (κ1) is 13.4. The van der Waals surface area contributed by atoms with Gasteiger partial charge in [-0.2, -0.15) is 0 Å². The van der Waals surface area contributed by atoms with E-state index in [4.69, 9.17) is 0 Å². The molecule has 3 aromatic rings. The van der Waals surface area contributed by atoms with Gasteiger partial charge in [-0.25, -0.2) is 13.8 Å². The maximum absolute atomic E-state index is 13.3. The zero-order valence-electron chi connectivity index (χ0n) is 11.3. The molecular formula is C16H12F2N2O. The van der Waals surface area contributed by atoms with Crippen molar-refractivity contribution in [2.45, 2.75) is 13.5 Å². The highest BCUT2D eigenvalue weighted by Gasteiger charge is 2.13. The molecule has 0 amide bonds. The summed E-state index contributed by atoms with van der Waals surface area (Å²) in [6.07, 6.45) is 1.42. The first-order chi connectivity index (χ1) is 10.1. The first-order valence-electron chi connectivity index (χ1n) is 6.45. The Hall–Kier alpha value is -2.56. The zero-order valence-corrected chi connectivity index (χ0v) is 11.3. The number of rotatable bonds is 3. The maximum atomic E-state index is 13.3. The molecule has 0 N–H and O–H groups in total. The molecule has 0 spiro atoms. The highest BCUT2D eigenvalue weighted by molar-refractivity contribution is 5.97. The van der Waals surface area contributed by atoms with Gasteiger partial charge in [0, 0.05) is 17.7 Å². The SMILES string of the molecule is Cc1ccccc1C(=O)Cn1cnc2cc(F)c(F)cc21. The molecule has 1 aromatic heterocycles. The fourth-order valence-corrected chi connectivity index (χ4v) is 2.31. The first-order valence-corrected chi connectivity index (χ1v) is 6.45. The third-order valence-corrected chi connectivity index (χ3v) is 3.42. The largest absolute Gasteiger partial charge is 0.323 e. The topological polar surface area (TPSA) is 34.9 Å². The van der Waals surface area contributed by atoms with E-state index in [2.05, 4.69) is 4.98 Å². The van der Waals surface area contributed by atoms with Crippen LogP contribution in [0.15, 0.2) is 42.7 Å². The number of aromatic nitrogens is 2. The molecular weight excluding hydrogens is 274 g/mol. The van der Waals surface area contributed by atoms with Gasteiger partial charge in [0.15, 0.2) is 17.4 Å². The van der Waals surface area contributed by atoms with Gasteiger partial charge in [-0.1, -0.05) is 24.3 Å². The molecule has 0 saturated carbocycles. The maximum Gasteiger partial charge on any atom is 0.182 e. The van der Waals surface area contributed by atoms with Gasteiger partial charge in [0.05, 0.1) is 23.9 Å². The predicted octanol–water partition coefficient (Wildman–Crippen LogP) is 3.51. The number of imidazole rings is 1. The molecule has 0 radical (unpaired) electrons. The molecule has 3 rings (SSSR count). The van der Waals surface area contributed by atoms with Crippen LogP contribution in [0.1, 0.15) is 15.9 Å². The molecule has 0 saturated heterocycles. The molecule has 0 fully saturated rings. The fourth-order valence-electron chi connectivity index (χ4n) is 2.31. The Morgan fingerprint density at radius 3 is 2.67 bits per heavy atom. The molecule has 3 nitrogen and oxygen atoms in total. The monoisotopic (exact) mass is 286 g/mol. The second-order valence-corrected chi connectivity index (χ2v) is 4.87. The molecule has 5 heteroatoms. The summed E-state index contributed by atoms with van der Waals surface area (Å²) in [5, 5.41) is 0. The molecule has 0 atom stereocenters. The lowest BCUT2D eigenvalue weighted by Gasteiger charge is -2.06. The van der Waals surface area contributed by atoms with Crippen molar-refractivity contribution in [1.82, 2.24) is 9.55 Å². The highest BCUT2D eigenvalue weighted by Crippen LogP contribution is 2.18. The molecule has 0 unspecified atom stereocenters.